The number of carboxylic acids is 1. The number of piperazine rings is 1. The third-order valence-corrected chi connectivity index (χ3v) is 7.70. The molecule has 200 valence electrons. The van der Waals surface area contributed by atoms with Crippen molar-refractivity contribution in [3.8, 4) is 5.75 Å². The number of amides is 5. The Balaban J connectivity index is 1.79. The number of hydrogen-bond acceptors (Lipinski definition) is 9. The van der Waals surface area contributed by atoms with Gasteiger partial charge in [0, 0.05) is 19.6 Å². The number of nitrogens with one attached hydrogen (secondary N) is 3. The van der Waals surface area contributed by atoms with Crippen LogP contribution in [0.2, 0.25) is 0 Å². The monoisotopic (exact) mass is 535 g/mol. The van der Waals surface area contributed by atoms with Crippen molar-refractivity contribution in [3.05, 3.63) is 29.8 Å². The number of carbonyl (C=O) groups is 6. The smallest absolute Gasteiger partial charge is 0.325 e. The van der Waals surface area contributed by atoms with E-state index in [0.717, 1.165) is 0 Å². The Morgan fingerprint density at radius 3 is 2.43 bits per heavy atom. The number of benzene rings is 1. The number of rotatable bonds is 8. The molecule has 2 heterocycles. The highest BCUT2D eigenvalue weighted by molar-refractivity contribution is 8.00. The number of aliphatic carboxylic acids is 1. The average Bonchev–Trinajstić information content (AvgIpc) is 2.88. The van der Waals surface area contributed by atoms with Gasteiger partial charge in [-0.15, -0.1) is 11.8 Å². The summed E-state index contributed by atoms with van der Waals surface area (Å²) in [6.45, 7) is 3.84. The molecule has 2 aliphatic rings. The van der Waals surface area contributed by atoms with Crippen LogP contribution in [-0.4, -0.2) is 98.9 Å². The molecule has 0 bridgehead atoms. The largest absolute Gasteiger partial charge is 0.508 e. The lowest BCUT2D eigenvalue weighted by atomic mass is 10.0. The summed E-state index contributed by atoms with van der Waals surface area (Å²) < 4.78 is 0. The van der Waals surface area contributed by atoms with Gasteiger partial charge in [-0.1, -0.05) is 19.1 Å². The fourth-order valence-electron chi connectivity index (χ4n) is 4.03. The summed E-state index contributed by atoms with van der Waals surface area (Å²) in [6.07, 6.45) is 0.472. The lowest BCUT2D eigenvalue weighted by Gasteiger charge is -2.36. The van der Waals surface area contributed by atoms with Crippen LogP contribution >= 0.6 is 11.8 Å². The van der Waals surface area contributed by atoms with Crippen LogP contribution < -0.4 is 16.0 Å². The Morgan fingerprint density at radius 2 is 1.84 bits per heavy atom. The summed E-state index contributed by atoms with van der Waals surface area (Å²) in [4.78, 5) is 76.4. The number of carboxylic acid groups (broad SMARTS) is 1. The first-order valence-electron chi connectivity index (χ1n) is 11.6. The molecule has 2 saturated heterocycles. The molecule has 14 heteroatoms. The molecule has 5 amide bonds. The van der Waals surface area contributed by atoms with Gasteiger partial charge in [-0.2, -0.15) is 0 Å². The van der Waals surface area contributed by atoms with Gasteiger partial charge in [-0.3, -0.25) is 29.4 Å². The maximum Gasteiger partial charge on any atom is 0.325 e. The van der Waals surface area contributed by atoms with E-state index in [-0.39, 0.29) is 30.3 Å². The summed E-state index contributed by atoms with van der Waals surface area (Å²) in [5.74, 6) is -3.61. The van der Waals surface area contributed by atoms with Crippen LogP contribution in [0.15, 0.2) is 24.3 Å². The van der Waals surface area contributed by atoms with E-state index in [0.29, 0.717) is 23.5 Å². The standard InChI is InChI=1S/C23H29N5O8S/c1-3-27-8-9-28(21(33)20(27)32)23(36)26-17(13-4-6-14(30)7-5-13)18(31)24-15(10-29)19-25-16(22(34)35)12(2)11-37-19/h4-7,10,12,15-17,19,25,30H,3,8-9,11H2,1-2H3,(H,24,31)(H,26,36)(H,34,35)/t12-,15+,16+,17+,19+/m0/s1. The molecule has 13 nitrogen and oxygen atoms in total. The van der Waals surface area contributed by atoms with Crippen molar-refractivity contribution in [2.45, 2.75) is 37.3 Å². The zero-order valence-corrected chi connectivity index (χ0v) is 21.1. The molecule has 1 aromatic rings. The van der Waals surface area contributed by atoms with Crippen molar-refractivity contribution >= 4 is 47.8 Å². The molecule has 0 radical (unpaired) electrons. The minimum atomic E-state index is -1.40. The number of nitrogens with zero attached hydrogens (tertiary/aromatic N) is 2. The minimum absolute atomic E-state index is 0.0669. The average molecular weight is 536 g/mol. The van der Waals surface area contributed by atoms with Crippen LogP contribution in [0.25, 0.3) is 0 Å². The van der Waals surface area contributed by atoms with E-state index in [1.807, 2.05) is 0 Å². The highest BCUT2D eigenvalue weighted by Gasteiger charge is 2.39. The molecule has 0 unspecified atom stereocenters. The Hall–Kier alpha value is -3.65. The normalized spacial score (nSPS) is 23.7. The van der Waals surface area contributed by atoms with Crippen LogP contribution in [0.3, 0.4) is 0 Å². The first-order valence-corrected chi connectivity index (χ1v) is 12.7. The number of carbonyl (C=O) groups excluding carboxylic acids is 5. The van der Waals surface area contributed by atoms with Crippen molar-refractivity contribution in [2.75, 3.05) is 25.4 Å². The maximum absolute atomic E-state index is 13.3. The number of imide groups is 1. The summed E-state index contributed by atoms with van der Waals surface area (Å²) in [6, 6.07) is 0.931. The van der Waals surface area contributed by atoms with Gasteiger partial charge in [0.25, 0.3) is 0 Å². The molecular weight excluding hydrogens is 506 g/mol. The fraction of sp³-hybridized carbons (Fsp3) is 0.478. The number of hydrogen-bond donors (Lipinski definition) is 5. The Bertz CT molecular complexity index is 1070. The molecule has 0 saturated carbocycles. The van der Waals surface area contributed by atoms with Gasteiger partial charge < -0.3 is 30.5 Å². The predicted molar refractivity (Wildman–Crippen MR) is 131 cm³/mol. The third-order valence-electron chi connectivity index (χ3n) is 6.19. The summed E-state index contributed by atoms with van der Waals surface area (Å²) >= 11 is 1.28. The first-order chi connectivity index (χ1) is 17.6. The molecule has 0 spiro atoms. The zero-order valence-electron chi connectivity index (χ0n) is 20.2. The second-order valence-corrected chi connectivity index (χ2v) is 9.87. The molecular formula is C23H29N5O8S. The number of urea groups is 1. The van der Waals surface area contributed by atoms with Crippen molar-refractivity contribution in [1.82, 2.24) is 25.8 Å². The molecule has 0 aliphatic carbocycles. The number of phenols is 1. The van der Waals surface area contributed by atoms with E-state index in [2.05, 4.69) is 16.0 Å². The van der Waals surface area contributed by atoms with E-state index < -0.39 is 53.2 Å². The topological polar surface area (TPSA) is 185 Å². The Morgan fingerprint density at radius 1 is 1.16 bits per heavy atom. The summed E-state index contributed by atoms with van der Waals surface area (Å²) in [7, 11) is 0. The molecule has 1 aromatic carbocycles. The predicted octanol–water partition coefficient (Wildman–Crippen LogP) is -0.731. The molecule has 5 atom stereocenters. The Kier molecular flexibility index (Phi) is 9.10. The SMILES string of the molecule is CCN1CCN(C(=O)N[C@@H](C(=O)N[C@H](C=O)[C@@H]2N[C@@H](C(=O)O)[C@@H](C)CS2)c2ccc(O)cc2)C(=O)C1=O. The highest BCUT2D eigenvalue weighted by atomic mass is 32.2. The van der Waals surface area contributed by atoms with E-state index in [9.17, 15) is 39.0 Å². The molecule has 3 rings (SSSR count). The molecule has 5 N–H and O–H groups in total. The number of phenolic OH excluding ortho intramolecular Hbond substituents is 1. The van der Waals surface area contributed by atoms with Gasteiger partial charge >= 0.3 is 23.8 Å². The quantitative estimate of drug-likeness (QED) is 0.210. The van der Waals surface area contributed by atoms with Crippen molar-refractivity contribution in [1.29, 1.82) is 0 Å². The van der Waals surface area contributed by atoms with Crippen molar-refractivity contribution < 1.29 is 39.0 Å². The number of aromatic hydroxyl groups is 1. The van der Waals surface area contributed by atoms with Crippen LogP contribution in [0.4, 0.5) is 4.79 Å². The van der Waals surface area contributed by atoms with E-state index in [1.54, 1.807) is 13.8 Å². The highest BCUT2D eigenvalue weighted by Crippen LogP contribution is 2.26. The van der Waals surface area contributed by atoms with Crippen molar-refractivity contribution in [2.24, 2.45) is 5.92 Å². The second-order valence-electron chi connectivity index (χ2n) is 8.70. The van der Waals surface area contributed by atoms with E-state index >= 15 is 0 Å². The fourth-order valence-corrected chi connectivity index (χ4v) is 5.32. The van der Waals surface area contributed by atoms with Crippen LogP contribution in [-0.2, 0) is 24.0 Å². The Labute approximate surface area is 216 Å². The van der Waals surface area contributed by atoms with E-state index in [4.69, 9.17) is 0 Å². The maximum atomic E-state index is 13.3. The summed E-state index contributed by atoms with van der Waals surface area (Å²) in [5.41, 5.74) is 0.237. The molecule has 37 heavy (non-hydrogen) atoms. The molecule has 2 fully saturated rings. The van der Waals surface area contributed by atoms with Crippen molar-refractivity contribution in [3.63, 3.8) is 0 Å². The first kappa shape index (κ1) is 27.9. The lowest BCUT2D eigenvalue weighted by Crippen LogP contribution is -2.61. The van der Waals surface area contributed by atoms with E-state index in [1.165, 1.54) is 40.9 Å². The number of likely N-dealkylation sites (N-methyl/N-ethyl adjacent to an activating group) is 1. The zero-order chi connectivity index (χ0) is 27.3. The van der Waals surface area contributed by atoms with Gasteiger partial charge in [0.05, 0.1) is 5.37 Å². The van der Waals surface area contributed by atoms with Crippen LogP contribution in [0.1, 0.15) is 25.5 Å². The molecule has 2 aliphatic heterocycles. The van der Waals surface area contributed by atoms with Gasteiger partial charge in [-0.05, 0) is 36.3 Å². The number of aldehydes is 1. The minimum Gasteiger partial charge on any atom is -0.508 e. The lowest BCUT2D eigenvalue weighted by molar-refractivity contribution is -0.153. The number of thioether (sulfide) groups is 1. The van der Waals surface area contributed by atoms with Crippen LogP contribution in [0, 0.1) is 5.92 Å². The molecule has 0 aromatic heterocycles. The second kappa shape index (κ2) is 12.1. The van der Waals surface area contributed by atoms with Gasteiger partial charge in [0.1, 0.15) is 30.2 Å². The third kappa shape index (κ3) is 6.38. The van der Waals surface area contributed by atoms with Crippen LogP contribution in [0.5, 0.6) is 5.75 Å². The van der Waals surface area contributed by atoms with Gasteiger partial charge in [-0.25, -0.2) is 4.79 Å². The van der Waals surface area contributed by atoms with Gasteiger partial charge in [0.15, 0.2) is 0 Å². The van der Waals surface area contributed by atoms with Gasteiger partial charge in [0.2, 0.25) is 5.91 Å². The summed E-state index contributed by atoms with van der Waals surface area (Å²) in [5, 5.41) is 26.2.